The number of aryl methyl sites for hydroxylation is 1. The molecule has 1 rings (SSSR count). The van der Waals surface area contributed by atoms with Crippen LogP contribution in [0.3, 0.4) is 0 Å². The third kappa shape index (κ3) is 5.75. The molecule has 4 nitrogen and oxygen atoms in total. The van der Waals surface area contributed by atoms with E-state index in [9.17, 15) is 9.90 Å². The third-order valence-electron chi connectivity index (χ3n) is 2.98. The number of carbonyl (C=O) groups is 1. The second-order valence-electron chi connectivity index (χ2n) is 5.92. The van der Waals surface area contributed by atoms with Crippen LogP contribution in [0.5, 0.6) is 0 Å². The van der Waals surface area contributed by atoms with Gasteiger partial charge in [0, 0.05) is 12.2 Å². The van der Waals surface area contributed by atoms with E-state index in [2.05, 4.69) is 10.6 Å². The van der Waals surface area contributed by atoms with Crippen molar-refractivity contribution in [2.75, 3.05) is 11.9 Å². The van der Waals surface area contributed by atoms with Crippen molar-refractivity contribution in [1.82, 2.24) is 5.32 Å². The van der Waals surface area contributed by atoms with Gasteiger partial charge >= 0.3 is 6.03 Å². The highest BCUT2D eigenvalue weighted by Crippen LogP contribution is 2.20. The zero-order chi connectivity index (χ0) is 14.5. The van der Waals surface area contributed by atoms with Crippen LogP contribution in [0.15, 0.2) is 24.3 Å². The molecule has 0 bridgehead atoms. The number of nitrogens with one attached hydrogen (secondary N) is 2. The summed E-state index contributed by atoms with van der Waals surface area (Å²) in [4.78, 5) is 11.7. The monoisotopic (exact) mass is 264 g/mol. The summed E-state index contributed by atoms with van der Waals surface area (Å²) in [6.07, 6.45) is 0.122. The third-order valence-corrected chi connectivity index (χ3v) is 2.98. The van der Waals surface area contributed by atoms with Crippen LogP contribution in [0.2, 0.25) is 0 Å². The van der Waals surface area contributed by atoms with Crippen LogP contribution in [-0.2, 0) is 0 Å². The summed E-state index contributed by atoms with van der Waals surface area (Å²) < 4.78 is 0. The van der Waals surface area contributed by atoms with Gasteiger partial charge in [0.1, 0.15) is 0 Å². The van der Waals surface area contributed by atoms with Gasteiger partial charge in [-0.25, -0.2) is 4.79 Å². The SMILES string of the molecule is Cc1cccc(NC(=O)NCCC(O)C(C)(C)C)c1. The van der Waals surface area contributed by atoms with E-state index < -0.39 is 6.10 Å². The normalized spacial score (nSPS) is 12.9. The molecule has 0 aliphatic heterocycles. The van der Waals surface area contributed by atoms with Crippen molar-refractivity contribution in [2.24, 2.45) is 5.41 Å². The maximum atomic E-state index is 11.7. The number of anilines is 1. The molecule has 1 unspecified atom stereocenters. The number of aliphatic hydroxyl groups excluding tert-OH is 1. The number of hydrogen-bond acceptors (Lipinski definition) is 2. The fourth-order valence-corrected chi connectivity index (χ4v) is 1.65. The Morgan fingerprint density at radius 2 is 2.05 bits per heavy atom. The zero-order valence-electron chi connectivity index (χ0n) is 12.2. The molecular weight excluding hydrogens is 240 g/mol. The topological polar surface area (TPSA) is 61.4 Å². The quantitative estimate of drug-likeness (QED) is 0.783. The molecule has 4 heteroatoms. The molecule has 0 aliphatic rings. The van der Waals surface area contributed by atoms with Crippen LogP contribution < -0.4 is 10.6 Å². The van der Waals surface area contributed by atoms with Gasteiger partial charge < -0.3 is 15.7 Å². The lowest BCUT2D eigenvalue weighted by Crippen LogP contribution is -2.34. The summed E-state index contributed by atoms with van der Waals surface area (Å²) in [5.74, 6) is 0. The van der Waals surface area contributed by atoms with Gasteiger partial charge in [-0.1, -0.05) is 32.9 Å². The van der Waals surface area contributed by atoms with Gasteiger partial charge in [0.15, 0.2) is 0 Å². The Balaban J connectivity index is 2.33. The van der Waals surface area contributed by atoms with Crippen molar-refractivity contribution in [3.63, 3.8) is 0 Å². The number of aliphatic hydroxyl groups is 1. The van der Waals surface area contributed by atoms with Crippen LogP contribution >= 0.6 is 0 Å². The van der Waals surface area contributed by atoms with Crippen LogP contribution in [-0.4, -0.2) is 23.8 Å². The average Bonchev–Trinajstić information content (AvgIpc) is 2.27. The molecule has 0 aliphatic carbocycles. The lowest BCUT2D eigenvalue weighted by molar-refractivity contribution is 0.0565. The Hall–Kier alpha value is -1.55. The highest BCUT2D eigenvalue weighted by molar-refractivity contribution is 5.89. The molecule has 0 aromatic heterocycles. The van der Waals surface area contributed by atoms with Gasteiger partial charge in [-0.2, -0.15) is 0 Å². The number of benzene rings is 1. The van der Waals surface area contributed by atoms with E-state index in [0.29, 0.717) is 13.0 Å². The second-order valence-corrected chi connectivity index (χ2v) is 5.92. The fourth-order valence-electron chi connectivity index (χ4n) is 1.65. The van der Waals surface area contributed by atoms with Crippen LogP contribution in [0, 0.1) is 12.3 Å². The van der Waals surface area contributed by atoms with Crippen molar-refractivity contribution >= 4 is 11.7 Å². The van der Waals surface area contributed by atoms with E-state index in [-0.39, 0.29) is 11.4 Å². The number of rotatable bonds is 4. The number of hydrogen-bond donors (Lipinski definition) is 3. The van der Waals surface area contributed by atoms with Crippen LogP contribution in [0.25, 0.3) is 0 Å². The summed E-state index contributed by atoms with van der Waals surface area (Å²) in [6.45, 7) is 8.36. The Bertz CT molecular complexity index is 424. The number of carbonyl (C=O) groups excluding carboxylic acids is 1. The lowest BCUT2D eigenvalue weighted by Gasteiger charge is -2.25. The predicted molar refractivity (Wildman–Crippen MR) is 78.3 cm³/mol. The molecule has 0 saturated heterocycles. The van der Waals surface area contributed by atoms with E-state index in [1.807, 2.05) is 52.0 Å². The molecule has 1 atom stereocenters. The lowest BCUT2D eigenvalue weighted by atomic mass is 9.87. The summed E-state index contributed by atoms with van der Waals surface area (Å²) >= 11 is 0. The van der Waals surface area contributed by atoms with E-state index in [1.54, 1.807) is 0 Å². The van der Waals surface area contributed by atoms with Gasteiger partial charge in [0.2, 0.25) is 0 Å². The minimum absolute atomic E-state index is 0.158. The average molecular weight is 264 g/mol. The minimum Gasteiger partial charge on any atom is -0.393 e. The first kappa shape index (κ1) is 15.5. The van der Waals surface area contributed by atoms with Crippen LogP contribution in [0.1, 0.15) is 32.8 Å². The highest BCUT2D eigenvalue weighted by Gasteiger charge is 2.21. The van der Waals surface area contributed by atoms with Gasteiger partial charge in [-0.05, 0) is 36.5 Å². The summed E-state index contributed by atoms with van der Waals surface area (Å²) in [5, 5.41) is 15.4. The first-order valence-corrected chi connectivity index (χ1v) is 6.58. The second kappa shape index (κ2) is 6.57. The first-order chi connectivity index (χ1) is 8.79. The number of amides is 2. The van der Waals surface area contributed by atoms with E-state index >= 15 is 0 Å². The van der Waals surface area contributed by atoms with Crippen molar-refractivity contribution in [3.05, 3.63) is 29.8 Å². The largest absolute Gasteiger partial charge is 0.393 e. The van der Waals surface area contributed by atoms with Gasteiger partial charge in [0.05, 0.1) is 6.10 Å². The molecule has 3 N–H and O–H groups in total. The Morgan fingerprint density at radius 1 is 1.37 bits per heavy atom. The zero-order valence-corrected chi connectivity index (χ0v) is 12.2. The molecular formula is C15H24N2O2. The maximum absolute atomic E-state index is 11.7. The summed E-state index contributed by atoms with van der Waals surface area (Å²) in [6, 6.07) is 7.38. The molecule has 19 heavy (non-hydrogen) atoms. The summed E-state index contributed by atoms with van der Waals surface area (Å²) in [5.41, 5.74) is 1.71. The summed E-state index contributed by atoms with van der Waals surface area (Å²) in [7, 11) is 0. The Kier molecular flexibility index (Phi) is 5.36. The standard InChI is InChI=1S/C15H24N2O2/c1-11-6-5-7-12(10-11)17-14(19)16-9-8-13(18)15(2,3)4/h5-7,10,13,18H,8-9H2,1-4H3,(H2,16,17,19). The predicted octanol–water partition coefficient (Wildman–Crippen LogP) is 2.91. The maximum Gasteiger partial charge on any atom is 0.319 e. The first-order valence-electron chi connectivity index (χ1n) is 6.58. The molecule has 0 spiro atoms. The van der Waals surface area contributed by atoms with E-state index in [1.165, 1.54) is 0 Å². The number of urea groups is 1. The van der Waals surface area contributed by atoms with Gasteiger partial charge in [-0.15, -0.1) is 0 Å². The Labute approximate surface area is 115 Å². The van der Waals surface area contributed by atoms with Crippen LogP contribution in [0.4, 0.5) is 10.5 Å². The van der Waals surface area contributed by atoms with Gasteiger partial charge in [0.25, 0.3) is 0 Å². The van der Waals surface area contributed by atoms with Crippen molar-refractivity contribution in [1.29, 1.82) is 0 Å². The van der Waals surface area contributed by atoms with Crippen molar-refractivity contribution in [2.45, 2.75) is 40.2 Å². The fraction of sp³-hybridized carbons (Fsp3) is 0.533. The molecule has 0 heterocycles. The van der Waals surface area contributed by atoms with E-state index in [4.69, 9.17) is 0 Å². The minimum atomic E-state index is -0.424. The van der Waals surface area contributed by atoms with Crippen molar-refractivity contribution < 1.29 is 9.90 Å². The molecule has 1 aromatic rings. The highest BCUT2D eigenvalue weighted by atomic mass is 16.3. The molecule has 106 valence electrons. The van der Waals surface area contributed by atoms with E-state index in [0.717, 1.165) is 11.3 Å². The molecule has 1 aromatic carbocycles. The Morgan fingerprint density at radius 3 is 2.63 bits per heavy atom. The molecule has 2 amide bonds. The molecule has 0 fully saturated rings. The van der Waals surface area contributed by atoms with Gasteiger partial charge in [-0.3, -0.25) is 0 Å². The van der Waals surface area contributed by atoms with Crippen molar-refractivity contribution in [3.8, 4) is 0 Å². The smallest absolute Gasteiger partial charge is 0.319 e. The molecule has 0 radical (unpaired) electrons. The molecule has 0 saturated carbocycles.